The van der Waals surface area contributed by atoms with Crippen LogP contribution < -0.4 is 10.1 Å². The van der Waals surface area contributed by atoms with E-state index in [4.69, 9.17) is 16.3 Å². The van der Waals surface area contributed by atoms with Gasteiger partial charge in [-0.15, -0.1) is 0 Å². The third kappa shape index (κ3) is 3.71. The van der Waals surface area contributed by atoms with Crippen molar-refractivity contribution in [3.63, 3.8) is 0 Å². The Balaban J connectivity index is 2.30. The number of ether oxygens (including phenoxy) is 1. The highest BCUT2D eigenvalue weighted by Gasteiger charge is 2.17. The number of halogens is 1. The summed E-state index contributed by atoms with van der Waals surface area (Å²) in [5.74, 6) is 0.844. The van der Waals surface area contributed by atoms with Crippen LogP contribution in [0.4, 0.5) is 0 Å². The van der Waals surface area contributed by atoms with Gasteiger partial charge in [-0.2, -0.15) is 0 Å². The van der Waals surface area contributed by atoms with Gasteiger partial charge in [-0.25, -0.2) is 0 Å². The Kier molecular flexibility index (Phi) is 5.39. The van der Waals surface area contributed by atoms with E-state index < -0.39 is 0 Å². The monoisotopic (exact) mass is 290 g/mol. The zero-order valence-electron chi connectivity index (χ0n) is 11.8. The Morgan fingerprint density at radius 2 is 2.15 bits per heavy atom. The van der Waals surface area contributed by atoms with Crippen LogP contribution in [0.25, 0.3) is 0 Å². The number of pyridine rings is 1. The van der Waals surface area contributed by atoms with E-state index in [1.165, 1.54) is 0 Å². The number of likely N-dealkylation sites (N-methyl/N-ethyl adjacent to an activating group) is 1. The normalized spacial score (nSPS) is 12.2. The molecule has 20 heavy (non-hydrogen) atoms. The molecule has 1 N–H and O–H groups in total. The minimum absolute atomic E-state index is 0.128. The van der Waals surface area contributed by atoms with Crippen LogP contribution in [0.15, 0.2) is 42.6 Å². The summed E-state index contributed by atoms with van der Waals surface area (Å²) in [5, 5.41) is 4.18. The van der Waals surface area contributed by atoms with Crippen LogP contribution in [0.3, 0.4) is 0 Å². The molecule has 4 heteroatoms. The highest BCUT2D eigenvalue weighted by Crippen LogP contribution is 2.30. The van der Waals surface area contributed by atoms with Crippen molar-refractivity contribution in [2.24, 2.45) is 0 Å². The van der Waals surface area contributed by atoms with E-state index in [0.717, 1.165) is 30.0 Å². The molecule has 0 saturated carbocycles. The van der Waals surface area contributed by atoms with E-state index in [-0.39, 0.29) is 6.04 Å². The zero-order valence-corrected chi connectivity index (χ0v) is 12.5. The second-order valence-corrected chi connectivity index (χ2v) is 4.96. The van der Waals surface area contributed by atoms with Crippen molar-refractivity contribution in [3.8, 4) is 5.75 Å². The van der Waals surface area contributed by atoms with Crippen molar-refractivity contribution in [3.05, 3.63) is 58.9 Å². The minimum atomic E-state index is 0.128. The smallest absolute Gasteiger partial charge is 0.123 e. The maximum Gasteiger partial charge on any atom is 0.123 e. The summed E-state index contributed by atoms with van der Waals surface area (Å²) < 4.78 is 5.45. The largest absolute Gasteiger partial charge is 0.496 e. The Labute approximate surface area is 124 Å². The van der Waals surface area contributed by atoms with Gasteiger partial charge in [0.15, 0.2) is 0 Å². The Hall–Kier alpha value is -1.58. The fourth-order valence-electron chi connectivity index (χ4n) is 2.24. The van der Waals surface area contributed by atoms with Gasteiger partial charge in [0.05, 0.1) is 7.11 Å². The Bertz CT molecular complexity index is 545. The van der Waals surface area contributed by atoms with E-state index >= 15 is 0 Å². The molecular formula is C16H19ClN2O. The molecule has 1 unspecified atom stereocenters. The Morgan fingerprint density at radius 3 is 2.80 bits per heavy atom. The minimum Gasteiger partial charge on any atom is -0.496 e. The van der Waals surface area contributed by atoms with E-state index in [9.17, 15) is 0 Å². The molecule has 0 saturated heterocycles. The van der Waals surface area contributed by atoms with Gasteiger partial charge in [0, 0.05) is 34.9 Å². The van der Waals surface area contributed by atoms with Gasteiger partial charge in [0.25, 0.3) is 0 Å². The van der Waals surface area contributed by atoms with Crippen LogP contribution in [-0.2, 0) is 6.42 Å². The van der Waals surface area contributed by atoms with Gasteiger partial charge >= 0.3 is 0 Å². The Morgan fingerprint density at radius 1 is 1.30 bits per heavy atom. The number of nitrogens with zero attached hydrogens (tertiary/aromatic N) is 1. The number of methoxy groups -OCH3 is 1. The molecule has 0 amide bonds. The lowest BCUT2D eigenvalue weighted by atomic mass is 10.0. The summed E-state index contributed by atoms with van der Waals surface area (Å²) in [5.41, 5.74) is 2.10. The quantitative estimate of drug-likeness (QED) is 0.882. The molecule has 0 radical (unpaired) electrons. The van der Waals surface area contributed by atoms with Crippen LogP contribution in [0.1, 0.15) is 24.2 Å². The number of rotatable bonds is 6. The number of hydrogen-bond donors (Lipinski definition) is 1. The fraction of sp³-hybridized carbons (Fsp3) is 0.312. The molecule has 0 aliphatic rings. The van der Waals surface area contributed by atoms with Crippen molar-refractivity contribution in [1.82, 2.24) is 10.3 Å². The molecule has 106 valence electrons. The van der Waals surface area contributed by atoms with Gasteiger partial charge in [0.1, 0.15) is 5.75 Å². The van der Waals surface area contributed by atoms with Crippen molar-refractivity contribution in [2.75, 3.05) is 13.7 Å². The molecule has 0 spiro atoms. The molecule has 2 aromatic rings. The number of nitrogens with one attached hydrogen (secondary N) is 1. The van der Waals surface area contributed by atoms with E-state index in [0.29, 0.717) is 5.02 Å². The summed E-state index contributed by atoms with van der Waals surface area (Å²) >= 11 is 6.12. The summed E-state index contributed by atoms with van der Waals surface area (Å²) in [7, 11) is 1.68. The van der Waals surface area contributed by atoms with E-state index in [1.807, 2.05) is 42.6 Å². The number of benzene rings is 1. The molecule has 0 aliphatic carbocycles. The molecule has 0 bridgehead atoms. The third-order valence-corrected chi connectivity index (χ3v) is 3.39. The molecule has 2 rings (SSSR count). The zero-order chi connectivity index (χ0) is 14.4. The predicted octanol–water partition coefficient (Wildman–Crippen LogP) is 3.64. The lowest BCUT2D eigenvalue weighted by Crippen LogP contribution is -2.23. The average Bonchev–Trinajstić information content (AvgIpc) is 2.48. The van der Waals surface area contributed by atoms with Gasteiger partial charge in [-0.05, 0) is 36.9 Å². The van der Waals surface area contributed by atoms with Crippen LogP contribution >= 0.6 is 11.6 Å². The van der Waals surface area contributed by atoms with Crippen LogP contribution in [0.5, 0.6) is 5.75 Å². The maximum atomic E-state index is 6.12. The first kappa shape index (κ1) is 14.8. The summed E-state index contributed by atoms with van der Waals surface area (Å²) in [4.78, 5) is 4.39. The predicted molar refractivity (Wildman–Crippen MR) is 82.4 cm³/mol. The van der Waals surface area contributed by atoms with Gasteiger partial charge < -0.3 is 10.1 Å². The first-order valence-corrected chi connectivity index (χ1v) is 7.09. The summed E-state index contributed by atoms with van der Waals surface area (Å²) in [6, 6.07) is 11.8. The van der Waals surface area contributed by atoms with E-state index in [1.54, 1.807) is 7.11 Å². The van der Waals surface area contributed by atoms with Crippen molar-refractivity contribution >= 4 is 11.6 Å². The standard InChI is InChI=1S/C16H19ClN2O/c1-3-18-15(11-13-6-4-5-9-19-13)14-10-12(17)7-8-16(14)20-2/h4-10,15,18H,3,11H2,1-2H3. The first-order chi connectivity index (χ1) is 9.74. The highest BCUT2D eigenvalue weighted by atomic mass is 35.5. The molecule has 1 aromatic carbocycles. The SMILES string of the molecule is CCNC(Cc1ccccn1)c1cc(Cl)ccc1OC. The molecule has 0 fully saturated rings. The number of aromatic nitrogens is 1. The molecule has 1 heterocycles. The van der Waals surface area contributed by atoms with Crippen LogP contribution in [-0.4, -0.2) is 18.6 Å². The topological polar surface area (TPSA) is 34.2 Å². The molecule has 0 aliphatic heterocycles. The molecule has 1 atom stereocenters. The second kappa shape index (κ2) is 7.27. The van der Waals surface area contributed by atoms with Gasteiger partial charge in [-0.3, -0.25) is 4.98 Å². The van der Waals surface area contributed by atoms with Gasteiger partial charge in [0.2, 0.25) is 0 Å². The number of hydrogen-bond acceptors (Lipinski definition) is 3. The average molecular weight is 291 g/mol. The summed E-state index contributed by atoms with van der Waals surface area (Å²) in [6.45, 7) is 2.95. The molecular weight excluding hydrogens is 272 g/mol. The fourth-order valence-corrected chi connectivity index (χ4v) is 2.42. The van der Waals surface area contributed by atoms with Crippen molar-refractivity contribution in [2.45, 2.75) is 19.4 Å². The molecule has 1 aromatic heterocycles. The highest BCUT2D eigenvalue weighted by molar-refractivity contribution is 6.30. The summed E-state index contributed by atoms with van der Waals surface area (Å²) in [6.07, 6.45) is 2.61. The maximum absolute atomic E-state index is 6.12. The van der Waals surface area contributed by atoms with E-state index in [2.05, 4.69) is 17.2 Å². The lowest BCUT2D eigenvalue weighted by Gasteiger charge is -2.20. The van der Waals surface area contributed by atoms with Crippen LogP contribution in [0, 0.1) is 0 Å². The van der Waals surface area contributed by atoms with Crippen LogP contribution in [0.2, 0.25) is 5.02 Å². The lowest BCUT2D eigenvalue weighted by molar-refractivity contribution is 0.399. The third-order valence-electron chi connectivity index (χ3n) is 3.16. The van der Waals surface area contributed by atoms with Gasteiger partial charge in [-0.1, -0.05) is 24.6 Å². The first-order valence-electron chi connectivity index (χ1n) is 6.71. The molecule has 3 nitrogen and oxygen atoms in total. The second-order valence-electron chi connectivity index (χ2n) is 4.52. The van der Waals surface area contributed by atoms with Crippen molar-refractivity contribution < 1.29 is 4.74 Å². The van der Waals surface area contributed by atoms with Crippen molar-refractivity contribution in [1.29, 1.82) is 0 Å².